The van der Waals surface area contributed by atoms with E-state index in [1.807, 2.05) is 0 Å². The van der Waals surface area contributed by atoms with Crippen molar-refractivity contribution >= 4 is 5.97 Å². The lowest BCUT2D eigenvalue weighted by Gasteiger charge is -2.27. The predicted molar refractivity (Wildman–Crippen MR) is 48.7 cm³/mol. The van der Waals surface area contributed by atoms with Gasteiger partial charge in [0.05, 0.1) is 24.4 Å². The molecule has 1 fully saturated rings. The second-order valence-corrected chi connectivity index (χ2v) is 3.65. The number of carboxylic acids is 1. The molecule has 1 N–H and O–H groups in total. The maximum Gasteiger partial charge on any atom is 0.308 e. The molecule has 1 heterocycles. The third kappa shape index (κ3) is 1.62. The van der Waals surface area contributed by atoms with Gasteiger partial charge in [0.2, 0.25) is 0 Å². The second kappa shape index (κ2) is 3.77. The van der Waals surface area contributed by atoms with E-state index in [9.17, 15) is 4.79 Å². The summed E-state index contributed by atoms with van der Waals surface area (Å²) >= 11 is 0. The van der Waals surface area contributed by atoms with Gasteiger partial charge in [-0.3, -0.25) is 4.79 Å². The van der Waals surface area contributed by atoms with Gasteiger partial charge in [-0.25, -0.2) is 0 Å². The van der Waals surface area contributed by atoms with Gasteiger partial charge in [0, 0.05) is 0 Å². The molecule has 0 bridgehead atoms. The van der Waals surface area contributed by atoms with Crippen LogP contribution in [0.1, 0.15) is 31.7 Å². The topological polar surface area (TPSA) is 68.0 Å². The molecule has 0 aliphatic heterocycles. The molecule has 2 rings (SSSR count). The Morgan fingerprint density at radius 3 is 2.57 bits per heavy atom. The first kappa shape index (κ1) is 9.18. The van der Waals surface area contributed by atoms with E-state index in [0.717, 1.165) is 25.7 Å². The number of rotatable bonds is 2. The van der Waals surface area contributed by atoms with E-state index < -0.39 is 5.97 Å². The first-order valence-corrected chi connectivity index (χ1v) is 4.87. The molecule has 0 radical (unpaired) electrons. The fourth-order valence-electron chi connectivity index (χ4n) is 2.07. The van der Waals surface area contributed by atoms with Crippen molar-refractivity contribution in [3.63, 3.8) is 0 Å². The Kier molecular flexibility index (Phi) is 2.47. The summed E-state index contributed by atoms with van der Waals surface area (Å²) in [6, 6.07) is -0.0590. The Hall–Kier alpha value is -1.39. The van der Waals surface area contributed by atoms with Crippen LogP contribution < -0.4 is 0 Å². The number of aromatic nitrogens is 3. The van der Waals surface area contributed by atoms with Gasteiger partial charge in [-0.05, 0) is 12.8 Å². The Bertz CT molecular complexity index is 310. The molecule has 5 nitrogen and oxygen atoms in total. The van der Waals surface area contributed by atoms with Crippen LogP contribution in [-0.4, -0.2) is 26.1 Å². The van der Waals surface area contributed by atoms with Crippen molar-refractivity contribution in [2.75, 3.05) is 0 Å². The van der Waals surface area contributed by atoms with Crippen LogP contribution >= 0.6 is 0 Å². The monoisotopic (exact) mass is 195 g/mol. The largest absolute Gasteiger partial charge is 0.481 e. The van der Waals surface area contributed by atoms with E-state index in [4.69, 9.17) is 5.11 Å². The van der Waals surface area contributed by atoms with Gasteiger partial charge in [0.15, 0.2) is 0 Å². The van der Waals surface area contributed by atoms with Gasteiger partial charge in [-0.2, -0.15) is 15.0 Å². The zero-order valence-electron chi connectivity index (χ0n) is 7.83. The molecular weight excluding hydrogens is 182 g/mol. The molecule has 5 heteroatoms. The van der Waals surface area contributed by atoms with E-state index >= 15 is 0 Å². The van der Waals surface area contributed by atoms with Gasteiger partial charge in [-0.15, -0.1) is 0 Å². The van der Waals surface area contributed by atoms with Crippen LogP contribution in [0.2, 0.25) is 0 Å². The third-order valence-corrected chi connectivity index (χ3v) is 2.78. The average Bonchev–Trinajstić information content (AvgIpc) is 2.70. The van der Waals surface area contributed by atoms with Gasteiger partial charge >= 0.3 is 5.97 Å². The van der Waals surface area contributed by atoms with Crippen molar-refractivity contribution in [2.45, 2.75) is 31.7 Å². The lowest BCUT2D eigenvalue weighted by molar-refractivity contribution is -0.144. The summed E-state index contributed by atoms with van der Waals surface area (Å²) in [6.07, 6.45) is 6.85. The van der Waals surface area contributed by atoms with Crippen LogP contribution in [0.15, 0.2) is 12.4 Å². The molecule has 14 heavy (non-hydrogen) atoms. The smallest absolute Gasteiger partial charge is 0.308 e. The Balaban J connectivity index is 2.18. The Labute approximate surface area is 81.7 Å². The lowest BCUT2D eigenvalue weighted by atomic mass is 9.85. The average molecular weight is 195 g/mol. The number of aliphatic carboxylic acids is 1. The molecule has 1 aromatic rings. The van der Waals surface area contributed by atoms with E-state index in [1.165, 1.54) is 4.80 Å². The summed E-state index contributed by atoms with van der Waals surface area (Å²) in [6.45, 7) is 0. The quantitative estimate of drug-likeness (QED) is 0.767. The van der Waals surface area contributed by atoms with Gasteiger partial charge in [-0.1, -0.05) is 12.8 Å². The van der Waals surface area contributed by atoms with Crippen molar-refractivity contribution < 1.29 is 9.90 Å². The zero-order valence-corrected chi connectivity index (χ0v) is 7.83. The highest BCUT2D eigenvalue weighted by atomic mass is 16.4. The Morgan fingerprint density at radius 1 is 1.29 bits per heavy atom. The number of hydrogen-bond acceptors (Lipinski definition) is 3. The number of carboxylic acid groups (broad SMARTS) is 1. The number of hydrogen-bond donors (Lipinski definition) is 1. The molecular formula is C9H13N3O2. The molecule has 1 saturated carbocycles. The van der Waals surface area contributed by atoms with E-state index in [0.29, 0.717) is 0 Å². The molecule has 0 amide bonds. The lowest BCUT2D eigenvalue weighted by Crippen LogP contribution is -2.30. The highest BCUT2D eigenvalue weighted by Crippen LogP contribution is 2.32. The van der Waals surface area contributed by atoms with Crippen LogP contribution in [0.5, 0.6) is 0 Å². The predicted octanol–water partition coefficient (Wildman–Crippen LogP) is 1.09. The summed E-state index contributed by atoms with van der Waals surface area (Å²) in [5, 5.41) is 17.1. The van der Waals surface area contributed by atoms with Crippen molar-refractivity contribution in [3.05, 3.63) is 12.4 Å². The summed E-state index contributed by atoms with van der Waals surface area (Å²) < 4.78 is 0. The first-order valence-electron chi connectivity index (χ1n) is 4.87. The Morgan fingerprint density at radius 2 is 1.93 bits per heavy atom. The molecule has 1 aromatic heterocycles. The standard InChI is InChI=1S/C9H13N3O2/c13-9(14)7-3-1-2-4-8(7)12-10-5-6-11-12/h5-8H,1-4H2,(H,13,14). The van der Waals surface area contributed by atoms with Crippen LogP contribution in [0.4, 0.5) is 0 Å². The van der Waals surface area contributed by atoms with Crippen LogP contribution in [-0.2, 0) is 4.79 Å². The fourth-order valence-corrected chi connectivity index (χ4v) is 2.07. The van der Waals surface area contributed by atoms with E-state index in [-0.39, 0.29) is 12.0 Å². The third-order valence-electron chi connectivity index (χ3n) is 2.78. The minimum Gasteiger partial charge on any atom is -0.481 e. The maximum absolute atomic E-state index is 11.0. The summed E-state index contributed by atoms with van der Waals surface area (Å²) in [5.74, 6) is -1.05. The highest BCUT2D eigenvalue weighted by Gasteiger charge is 2.32. The van der Waals surface area contributed by atoms with E-state index in [1.54, 1.807) is 12.4 Å². The van der Waals surface area contributed by atoms with Gasteiger partial charge in [0.1, 0.15) is 0 Å². The van der Waals surface area contributed by atoms with Crippen molar-refractivity contribution in [1.82, 2.24) is 15.0 Å². The molecule has 76 valence electrons. The van der Waals surface area contributed by atoms with Crippen LogP contribution in [0.25, 0.3) is 0 Å². The second-order valence-electron chi connectivity index (χ2n) is 3.65. The molecule has 2 unspecified atom stereocenters. The molecule has 1 aliphatic rings. The molecule has 2 atom stereocenters. The van der Waals surface area contributed by atoms with Gasteiger partial charge in [0.25, 0.3) is 0 Å². The summed E-state index contributed by atoms with van der Waals surface area (Å²) in [7, 11) is 0. The van der Waals surface area contributed by atoms with Crippen LogP contribution in [0, 0.1) is 5.92 Å². The van der Waals surface area contributed by atoms with Crippen molar-refractivity contribution in [1.29, 1.82) is 0 Å². The highest BCUT2D eigenvalue weighted by molar-refractivity contribution is 5.70. The molecule has 0 spiro atoms. The fraction of sp³-hybridized carbons (Fsp3) is 0.667. The molecule has 0 saturated heterocycles. The summed E-state index contributed by atoms with van der Waals surface area (Å²) in [5.41, 5.74) is 0. The molecule has 1 aliphatic carbocycles. The zero-order chi connectivity index (χ0) is 9.97. The maximum atomic E-state index is 11.0. The number of carbonyl (C=O) groups is 1. The minimum absolute atomic E-state index is 0.0590. The van der Waals surface area contributed by atoms with Gasteiger partial charge < -0.3 is 5.11 Å². The SMILES string of the molecule is O=C(O)C1CCCCC1n1nccn1. The van der Waals surface area contributed by atoms with Crippen LogP contribution in [0.3, 0.4) is 0 Å². The van der Waals surface area contributed by atoms with E-state index in [2.05, 4.69) is 10.2 Å². The van der Waals surface area contributed by atoms with Crippen molar-refractivity contribution in [3.8, 4) is 0 Å². The summed E-state index contributed by atoms with van der Waals surface area (Å²) in [4.78, 5) is 12.5. The number of nitrogens with zero attached hydrogens (tertiary/aromatic N) is 3. The minimum atomic E-state index is -0.730. The normalized spacial score (nSPS) is 27.4. The first-order chi connectivity index (χ1) is 6.79. The van der Waals surface area contributed by atoms with Crippen molar-refractivity contribution in [2.24, 2.45) is 5.92 Å². The molecule has 0 aromatic carbocycles.